The third-order valence-corrected chi connectivity index (χ3v) is 2.47. The van der Waals surface area contributed by atoms with E-state index in [-0.39, 0.29) is 0 Å². The predicted molar refractivity (Wildman–Crippen MR) is 44.7 cm³/mol. The molecule has 4 nitrogen and oxygen atoms in total. The Hall–Kier alpha value is -1.10. The van der Waals surface area contributed by atoms with E-state index in [9.17, 15) is 4.79 Å². The normalized spacial score (nSPS) is 12.5. The molecule has 0 aliphatic carbocycles. The van der Waals surface area contributed by atoms with Crippen molar-refractivity contribution < 1.29 is 14.6 Å². The highest BCUT2D eigenvalue weighted by Crippen LogP contribution is 2.24. The molecule has 5 heteroatoms. The molecule has 0 saturated carbocycles. The summed E-state index contributed by atoms with van der Waals surface area (Å²) in [7, 11) is 1.50. The molecule has 0 amide bonds. The van der Waals surface area contributed by atoms with Crippen LogP contribution in [0.25, 0.3) is 0 Å². The molecule has 1 N–H and O–H groups in total. The second-order valence-corrected chi connectivity index (χ2v) is 3.17. The highest BCUT2D eigenvalue weighted by atomic mass is 32.1. The van der Waals surface area contributed by atoms with Crippen LogP contribution in [0.15, 0.2) is 6.07 Å². The van der Waals surface area contributed by atoms with Gasteiger partial charge in [-0.25, -0.2) is 0 Å². The van der Waals surface area contributed by atoms with Crippen LogP contribution in [-0.2, 0) is 4.79 Å². The molecular formula is C7H9NO3S. The van der Waals surface area contributed by atoms with Crippen molar-refractivity contribution in [2.45, 2.75) is 12.8 Å². The second kappa shape index (κ2) is 3.53. The summed E-state index contributed by atoms with van der Waals surface area (Å²) < 4.78 is 8.73. The number of nitrogens with zero attached hydrogens (tertiary/aromatic N) is 1. The maximum absolute atomic E-state index is 10.5. The van der Waals surface area contributed by atoms with E-state index >= 15 is 0 Å². The Morgan fingerprint density at radius 2 is 2.50 bits per heavy atom. The minimum atomic E-state index is -0.846. The average molecular weight is 187 g/mol. The van der Waals surface area contributed by atoms with E-state index in [0.29, 0.717) is 10.8 Å². The number of aliphatic carboxylic acids is 1. The number of carboxylic acids is 1. The molecule has 0 fully saturated rings. The molecule has 0 radical (unpaired) electrons. The van der Waals surface area contributed by atoms with Gasteiger partial charge in [0, 0.05) is 10.9 Å². The van der Waals surface area contributed by atoms with Crippen molar-refractivity contribution in [3.63, 3.8) is 0 Å². The molecule has 1 atom stereocenters. The molecule has 0 aromatic carbocycles. The zero-order valence-electron chi connectivity index (χ0n) is 6.77. The summed E-state index contributed by atoms with van der Waals surface area (Å²) in [6.45, 7) is 1.62. The van der Waals surface area contributed by atoms with Gasteiger partial charge in [0.25, 0.3) is 0 Å². The third kappa shape index (κ3) is 1.73. The molecule has 66 valence electrons. The Bertz CT molecular complexity index is 284. The number of hydrogen-bond acceptors (Lipinski definition) is 4. The van der Waals surface area contributed by atoms with E-state index in [2.05, 4.69) is 4.37 Å². The van der Waals surface area contributed by atoms with E-state index in [1.54, 1.807) is 13.0 Å². The van der Waals surface area contributed by atoms with E-state index in [4.69, 9.17) is 9.84 Å². The topological polar surface area (TPSA) is 59.4 Å². The van der Waals surface area contributed by atoms with Crippen LogP contribution in [0.5, 0.6) is 5.88 Å². The summed E-state index contributed by atoms with van der Waals surface area (Å²) in [5.41, 5.74) is 0. The average Bonchev–Trinajstić information content (AvgIpc) is 2.50. The van der Waals surface area contributed by atoms with Gasteiger partial charge < -0.3 is 9.84 Å². The fourth-order valence-corrected chi connectivity index (χ4v) is 1.43. The Labute approximate surface area is 74.0 Å². The lowest BCUT2D eigenvalue weighted by Crippen LogP contribution is -2.05. The van der Waals surface area contributed by atoms with Crippen molar-refractivity contribution in [3.05, 3.63) is 10.9 Å². The van der Waals surface area contributed by atoms with Crippen LogP contribution in [-0.4, -0.2) is 22.6 Å². The van der Waals surface area contributed by atoms with E-state index in [1.165, 1.54) is 7.11 Å². The number of carboxylic acid groups (broad SMARTS) is 1. The van der Waals surface area contributed by atoms with Crippen LogP contribution in [0.4, 0.5) is 0 Å². The van der Waals surface area contributed by atoms with Gasteiger partial charge in [0.2, 0.25) is 5.88 Å². The van der Waals surface area contributed by atoms with Gasteiger partial charge >= 0.3 is 5.97 Å². The van der Waals surface area contributed by atoms with Gasteiger partial charge in [-0.05, 0) is 18.5 Å². The van der Waals surface area contributed by atoms with Crippen LogP contribution in [0.3, 0.4) is 0 Å². The first-order chi connectivity index (χ1) is 5.65. The summed E-state index contributed by atoms with van der Waals surface area (Å²) in [5.74, 6) is -0.879. The zero-order chi connectivity index (χ0) is 9.14. The van der Waals surface area contributed by atoms with E-state index < -0.39 is 11.9 Å². The lowest BCUT2D eigenvalue weighted by molar-refractivity contribution is -0.138. The molecule has 1 rings (SSSR count). The van der Waals surface area contributed by atoms with Crippen molar-refractivity contribution in [2.75, 3.05) is 7.11 Å². The van der Waals surface area contributed by atoms with Crippen LogP contribution < -0.4 is 4.74 Å². The monoisotopic (exact) mass is 187 g/mol. The smallest absolute Gasteiger partial charge is 0.311 e. The molecule has 12 heavy (non-hydrogen) atoms. The summed E-state index contributed by atoms with van der Waals surface area (Å²) >= 11 is 1.15. The van der Waals surface area contributed by atoms with Gasteiger partial charge in [0.05, 0.1) is 13.0 Å². The first-order valence-corrected chi connectivity index (χ1v) is 4.16. The molecule has 0 bridgehead atoms. The van der Waals surface area contributed by atoms with Crippen molar-refractivity contribution >= 4 is 17.5 Å². The van der Waals surface area contributed by atoms with Crippen molar-refractivity contribution in [1.82, 2.24) is 4.37 Å². The molecule has 1 unspecified atom stereocenters. The Kier molecular flexibility index (Phi) is 2.65. The SMILES string of the molecule is COc1cc(C(C)C(=O)O)sn1. The van der Waals surface area contributed by atoms with Gasteiger partial charge in [0.15, 0.2) is 0 Å². The molecule has 1 aromatic rings. The van der Waals surface area contributed by atoms with Crippen molar-refractivity contribution in [3.8, 4) is 5.88 Å². The quantitative estimate of drug-likeness (QED) is 0.775. The van der Waals surface area contributed by atoms with Crippen LogP contribution in [0.2, 0.25) is 0 Å². The van der Waals surface area contributed by atoms with Gasteiger partial charge in [-0.3, -0.25) is 4.79 Å². The molecule has 0 saturated heterocycles. The van der Waals surface area contributed by atoms with Gasteiger partial charge in [0.1, 0.15) is 0 Å². The first-order valence-electron chi connectivity index (χ1n) is 3.38. The standard InChI is InChI=1S/C7H9NO3S/c1-4(7(9)10)5-3-6(11-2)8-12-5/h3-4H,1-2H3,(H,9,10). The summed E-state index contributed by atoms with van der Waals surface area (Å²) in [5, 5.41) is 8.66. The van der Waals surface area contributed by atoms with E-state index in [0.717, 1.165) is 11.5 Å². The summed E-state index contributed by atoms with van der Waals surface area (Å²) in [6.07, 6.45) is 0. The number of hydrogen-bond donors (Lipinski definition) is 1. The molecule has 1 heterocycles. The fraction of sp³-hybridized carbons (Fsp3) is 0.429. The van der Waals surface area contributed by atoms with Gasteiger partial charge in [-0.15, -0.1) is 0 Å². The number of methoxy groups -OCH3 is 1. The van der Waals surface area contributed by atoms with Gasteiger partial charge in [-0.2, -0.15) is 4.37 Å². The minimum absolute atomic E-state index is 0.475. The Morgan fingerprint density at radius 1 is 1.83 bits per heavy atom. The second-order valence-electron chi connectivity index (χ2n) is 2.33. The van der Waals surface area contributed by atoms with Crippen LogP contribution in [0, 0.1) is 0 Å². The summed E-state index contributed by atoms with van der Waals surface area (Å²) in [4.78, 5) is 11.2. The molecular weight excluding hydrogens is 178 g/mol. The number of aromatic nitrogens is 1. The lowest BCUT2D eigenvalue weighted by Gasteiger charge is -1.98. The number of rotatable bonds is 3. The highest BCUT2D eigenvalue weighted by molar-refractivity contribution is 7.06. The Balaban J connectivity index is 2.81. The van der Waals surface area contributed by atoms with Crippen molar-refractivity contribution in [1.29, 1.82) is 0 Å². The maximum atomic E-state index is 10.5. The van der Waals surface area contributed by atoms with Crippen LogP contribution >= 0.6 is 11.5 Å². The van der Waals surface area contributed by atoms with Gasteiger partial charge in [-0.1, -0.05) is 0 Å². The zero-order valence-corrected chi connectivity index (χ0v) is 7.59. The number of carbonyl (C=O) groups is 1. The van der Waals surface area contributed by atoms with Crippen LogP contribution in [0.1, 0.15) is 17.7 Å². The Morgan fingerprint density at radius 3 is 2.92 bits per heavy atom. The first kappa shape index (κ1) is 8.99. The fourth-order valence-electron chi connectivity index (χ4n) is 0.694. The molecule has 1 aromatic heterocycles. The highest BCUT2D eigenvalue weighted by Gasteiger charge is 2.16. The lowest BCUT2D eigenvalue weighted by atomic mass is 10.1. The minimum Gasteiger partial charge on any atom is -0.481 e. The maximum Gasteiger partial charge on any atom is 0.311 e. The third-order valence-electron chi connectivity index (χ3n) is 1.51. The largest absolute Gasteiger partial charge is 0.481 e. The molecule has 0 aliphatic rings. The predicted octanol–water partition coefficient (Wildman–Crippen LogP) is 1.34. The molecule has 0 aliphatic heterocycles. The molecule has 0 spiro atoms. The van der Waals surface area contributed by atoms with Crippen molar-refractivity contribution in [2.24, 2.45) is 0 Å². The van der Waals surface area contributed by atoms with E-state index in [1.807, 2.05) is 0 Å². The summed E-state index contributed by atoms with van der Waals surface area (Å²) in [6, 6.07) is 1.64. The number of ether oxygens (including phenoxy) is 1.